The van der Waals surface area contributed by atoms with Gasteiger partial charge in [-0.15, -0.1) is 0 Å². The van der Waals surface area contributed by atoms with Gasteiger partial charge in [0.05, 0.1) is 32.9 Å². The standard InChI is InChI=1S/C17H12ClN5O5/c1-10-16(17(24)21(20-10)13-4-2-3-11(18)5-13)9-19-12-6-14(22(25)26)8-15(7-12)23(27)28/h2-9,20H,1H3. The van der Waals surface area contributed by atoms with Gasteiger partial charge < -0.3 is 0 Å². The minimum absolute atomic E-state index is 0.0183. The van der Waals surface area contributed by atoms with Crippen LogP contribution in [0.3, 0.4) is 0 Å². The van der Waals surface area contributed by atoms with Crippen molar-refractivity contribution in [2.45, 2.75) is 6.92 Å². The Kier molecular flexibility index (Phi) is 5.05. The molecule has 1 aromatic heterocycles. The van der Waals surface area contributed by atoms with Gasteiger partial charge in [-0.2, -0.15) is 0 Å². The number of nitrogens with one attached hydrogen (secondary N) is 1. The molecule has 0 saturated heterocycles. The molecule has 0 aliphatic rings. The van der Waals surface area contributed by atoms with Gasteiger partial charge in [-0.05, 0) is 25.1 Å². The molecule has 3 rings (SSSR count). The summed E-state index contributed by atoms with van der Waals surface area (Å²) in [5.41, 5.74) is -0.153. The van der Waals surface area contributed by atoms with Gasteiger partial charge in [-0.1, -0.05) is 17.7 Å². The zero-order chi connectivity index (χ0) is 20.4. The van der Waals surface area contributed by atoms with E-state index in [1.807, 2.05) is 0 Å². The molecular formula is C17H12ClN5O5. The van der Waals surface area contributed by atoms with Crippen LogP contribution in [0.2, 0.25) is 5.02 Å². The molecule has 0 bridgehead atoms. The number of aryl methyl sites for hydroxylation is 1. The first-order valence-electron chi connectivity index (χ1n) is 7.82. The molecular weight excluding hydrogens is 390 g/mol. The van der Waals surface area contributed by atoms with E-state index in [1.165, 1.54) is 10.9 Å². The normalized spacial score (nSPS) is 11.1. The maximum Gasteiger partial charge on any atom is 0.280 e. The summed E-state index contributed by atoms with van der Waals surface area (Å²) >= 11 is 5.95. The maximum absolute atomic E-state index is 12.7. The number of halogens is 1. The summed E-state index contributed by atoms with van der Waals surface area (Å²) in [7, 11) is 0. The summed E-state index contributed by atoms with van der Waals surface area (Å²) in [6, 6.07) is 9.66. The van der Waals surface area contributed by atoms with Crippen LogP contribution in [0.4, 0.5) is 17.1 Å². The van der Waals surface area contributed by atoms with E-state index < -0.39 is 26.8 Å². The van der Waals surface area contributed by atoms with E-state index in [0.717, 1.165) is 18.2 Å². The lowest BCUT2D eigenvalue weighted by molar-refractivity contribution is -0.394. The Labute approximate surface area is 162 Å². The number of H-pyrrole nitrogens is 1. The van der Waals surface area contributed by atoms with Crippen molar-refractivity contribution < 1.29 is 9.85 Å². The molecule has 0 atom stereocenters. The van der Waals surface area contributed by atoms with Gasteiger partial charge in [0, 0.05) is 29.1 Å². The monoisotopic (exact) mass is 401 g/mol. The quantitative estimate of drug-likeness (QED) is 0.395. The lowest BCUT2D eigenvalue weighted by atomic mass is 10.2. The van der Waals surface area contributed by atoms with Crippen molar-refractivity contribution in [2.24, 2.45) is 4.99 Å². The van der Waals surface area contributed by atoms with Crippen molar-refractivity contribution in [3.05, 3.63) is 89.3 Å². The third-order valence-electron chi connectivity index (χ3n) is 3.84. The molecule has 0 saturated carbocycles. The van der Waals surface area contributed by atoms with E-state index in [1.54, 1.807) is 31.2 Å². The zero-order valence-electron chi connectivity index (χ0n) is 14.3. The highest BCUT2D eigenvalue weighted by atomic mass is 35.5. The van der Waals surface area contributed by atoms with Crippen LogP contribution in [-0.2, 0) is 0 Å². The zero-order valence-corrected chi connectivity index (χ0v) is 15.1. The summed E-state index contributed by atoms with van der Waals surface area (Å²) in [4.78, 5) is 37.1. The SMILES string of the molecule is Cc1[nH]n(-c2cccc(Cl)c2)c(=O)c1C=Nc1cc([N+](=O)[O-])cc([N+](=O)[O-])c1. The van der Waals surface area contributed by atoms with Crippen LogP contribution >= 0.6 is 11.6 Å². The summed E-state index contributed by atoms with van der Waals surface area (Å²) in [6.07, 6.45) is 1.21. The van der Waals surface area contributed by atoms with Gasteiger partial charge in [0.1, 0.15) is 0 Å². The molecule has 0 amide bonds. The fourth-order valence-electron chi connectivity index (χ4n) is 2.51. The second-order valence-corrected chi connectivity index (χ2v) is 6.19. The number of hydrogen-bond donors (Lipinski definition) is 1. The van der Waals surface area contributed by atoms with E-state index in [4.69, 9.17) is 11.6 Å². The average Bonchev–Trinajstić information content (AvgIpc) is 2.93. The Morgan fingerprint density at radius 2 is 1.75 bits per heavy atom. The molecule has 1 heterocycles. The number of aromatic amines is 1. The second kappa shape index (κ2) is 7.45. The summed E-state index contributed by atoms with van der Waals surface area (Å²) in [5.74, 6) is 0. The summed E-state index contributed by atoms with van der Waals surface area (Å²) in [5, 5.41) is 25.3. The second-order valence-electron chi connectivity index (χ2n) is 5.75. The smallest absolute Gasteiger partial charge is 0.280 e. The minimum Gasteiger partial charge on any atom is -0.295 e. The van der Waals surface area contributed by atoms with Crippen molar-refractivity contribution >= 4 is 34.9 Å². The Hall–Kier alpha value is -3.79. The van der Waals surface area contributed by atoms with Crippen molar-refractivity contribution in [2.75, 3.05) is 0 Å². The van der Waals surface area contributed by atoms with Gasteiger partial charge in [-0.25, -0.2) is 4.68 Å². The first-order valence-corrected chi connectivity index (χ1v) is 8.19. The number of nitro benzene ring substituents is 2. The Morgan fingerprint density at radius 1 is 1.11 bits per heavy atom. The van der Waals surface area contributed by atoms with E-state index in [0.29, 0.717) is 16.4 Å². The maximum atomic E-state index is 12.7. The Morgan fingerprint density at radius 3 is 2.32 bits per heavy atom. The van der Waals surface area contributed by atoms with Crippen LogP contribution in [0.15, 0.2) is 52.3 Å². The van der Waals surface area contributed by atoms with Crippen LogP contribution in [0.25, 0.3) is 5.69 Å². The number of non-ortho nitro benzene ring substituents is 2. The van der Waals surface area contributed by atoms with Gasteiger partial charge in [0.25, 0.3) is 16.9 Å². The molecule has 0 unspecified atom stereocenters. The summed E-state index contributed by atoms with van der Waals surface area (Å²) in [6.45, 7) is 1.65. The molecule has 28 heavy (non-hydrogen) atoms. The number of aromatic nitrogens is 2. The largest absolute Gasteiger partial charge is 0.295 e. The van der Waals surface area contributed by atoms with Crippen LogP contribution in [-0.4, -0.2) is 25.8 Å². The Bertz CT molecular complexity index is 1150. The highest BCUT2D eigenvalue weighted by Gasteiger charge is 2.16. The molecule has 0 spiro atoms. The third kappa shape index (κ3) is 3.81. The van der Waals surface area contributed by atoms with Crippen LogP contribution in [0.5, 0.6) is 0 Å². The van der Waals surface area contributed by atoms with Crippen LogP contribution in [0.1, 0.15) is 11.3 Å². The molecule has 0 radical (unpaired) electrons. The number of benzene rings is 2. The highest BCUT2D eigenvalue weighted by molar-refractivity contribution is 6.30. The van der Waals surface area contributed by atoms with Gasteiger partial charge in [0.2, 0.25) is 0 Å². The van der Waals surface area contributed by atoms with E-state index in [2.05, 4.69) is 10.1 Å². The van der Waals surface area contributed by atoms with Crippen molar-refractivity contribution in [1.29, 1.82) is 0 Å². The lowest BCUT2D eigenvalue weighted by Crippen LogP contribution is -2.17. The van der Waals surface area contributed by atoms with Gasteiger partial charge in [0.15, 0.2) is 0 Å². The first-order chi connectivity index (χ1) is 13.3. The van der Waals surface area contributed by atoms with E-state index in [9.17, 15) is 25.0 Å². The Balaban J connectivity index is 2.03. The molecule has 11 heteroatoms. The number of aliphatic imine (C=N–C) groups is 1. The molecule has 142 valence electrons. The predicted octanol–water partition coefficient (Wildman–Crippen LogP) is 3.69. The molecule has 2 aromatic carbocycles. The summed E-state index contributed by atoms with van der Waals surface area (Å²) < 4.78 is 1.28. The fraction of sp³-hybridized carbons (Fsp3) is 0.0588. The molecule has 1 N–H and O–H groups in total. The number of nitro groups is 2. The number of rotatable bonds is 5. The molecule has 10 nitrogen and oxygen atoms in total. The fourth-order valence-corrected chi connectivity index (χ4v) is 2.70. The molecule has 3 aromatic rings. The first kappa shape index (κ1) is 19.0. The number of hydrogen-bond acceptors (Lipinski definition) is 6. The highest BCUT2D eigenvalue weighted by Crippen LogP contribution is 2.27. The minimum atomic E-state index is -0.750. The number of nitrogens with zero attached hydrogens (tertiary/aromatic N) is 4. The van der Waals surface area contributed by atoms with Gasteiger partial charge in [-0.3, -0.25) is 35.1 Å². The van der Waals surface area contributed by atoms with E-state index in [-0.39, 0.29) is 11.3 Å². The predicted molar refractivity (Wildman–Crippen MR) is 103 cm³/mol. The third-order valence-corrected chi connectivity index (χ3v) is 4.07. The van der Waals surface area contributed by atoms with Crippen molar-refractivity contribution in [1.82, 2.24) is 9.78 Å². The van der Waals surface area contributed by atoms with E-state index >= 15 is 0 Å². The topological polar surface area (TPSA) is 136 Å². The molecule has 0 aliphatic heterocycles. The molecule has 0 aliphatic carbocycles. The van der Waals surface area contributed by atoms with Gasteiger partial charge >= 0.3 is 0 Å². The lowest BCUT2D eigenvalue weighted by Gasteiger charge is -2.01. The van der Waals surface area contributed by atoms with Crippen LogP contribution < -0.4 is 5.56 Å². The molecule has 0 fully saturated rings. The van der Waals surface area contributed by atoms with Crippen molar-refractivity contribution in [3.63, 3.8) is 0 Å². The van der Waals surface area contributed by atoms with Crippen molar-refractivity contribution in [3.8, 4) is 5.69 Å². The van der Waals surface area contributed by atoms with Crippen LogP contribution in [0, 0.1) is 27.2 Å². The average molecular weight is 402 g/mol.